The summed E-state index contributed by atoms with van der Waals surface area (Å²) in [6.07, 6.45) is 0. The number of rotatable bonds is 1. The number of hydrogen-bond acceptors (Lipinski definition) is 5. The first kappa shape index (κ1) is 9.71. The third-order valence-corrected chi connectivity index (χ3v) is 2.66. The number of nitrogen functional groups attached to an aromatic ring is 1. The zero-order valence-corrected chi connectivity index (χ0v) is 8.97. The summed E-state index contributed by atoms with van der Waals surface area (Å²) in [5, 5.41) is 3.01. The minimum Gasteiger partial charge on any atom is -0.369 e. The molecular weight excluding hydrogens is 218 g/mol. The van der Waals surface area contributed by atoms with E-state index in [2.05, 4.69) is 15.3 Å². The van der Waals surface area contributed by atoms with Gasteiger partial charge in [0.2, 0.25) is 5.95 Å². The molecule has 2 heterocycles. The number of nitrogens with zero attached hydrogens (tertiary/aromatic N) is 2. The van der Waals surface area contributed by atoms with Crippen molar-refractivity contribution in [2.24, 2.45) is 0 Å². The van der Waals surface area contributed by atoms with Crippen LogP contribution in [0.25, 0.3) is 0 Å². The van der Waals surface area contributed by atoms with Gasteiger partial charge in [-0.1, -0.05) is 18.2 Å². The molecule has 0 radical (unpaired) electrons. The molecule has 1 aliphatic rings. The van der Waals surface area contributed by atoms with E-state index < -0.39 is 0 Å². The van der Waals surface area contributed by atoms with Crippen LogP contribution in [0.2, 0.25) is 0 Å². The van der Waals surface area contributed by atoms with Gasteiger partial charge in [0.15, 0.2) is 5.82 Å². The van der Waals surface area contributed by atoms with Crippen molar-refractivity contribution in [3.63, 3.8) is 0 Å². The van der Waals surface area contributed by atoms with Crippen molar-refractivity contribution in [1.29, 1.82) is 0 Å². The van der Waals surface area contributed by atoms with Gasteiger partial charge in [-0.15, -0.1) is 0 Å². The third-order valence-electron chi connectivity index (χ3n) is 2.66. The average Bonchev–Trinajstić information content (AvgIpc) is 2.74. The predicted octanol–water partition coefficient (Wildman–Crippen LogP) is 0.873. The lowest BCUT2D eigenvalue weighted by Gasteiger charge is -2.16. The summed E-state index contributed by atoms with van der Waals surface area (Å²) in [6, 6.07) is 9.72. The van der Waals surface area contributed by atoms with Gasteiger partial charge in [-0.05, 0) is 12.1 Å². The Hall–Kier alpha value is -2.50. The van der Waals surface area contributed by atoms with Crippen LogP contribution >= 0.6 is 0 Å². The molecule has 0 saturated carbocycles. The SMILES string of the molecule is Nc1nc2c(c(=O)[nH]1)NCN2c1ccccc1. The fraction of sp³-hybridized carbons (Fsp3) is 0.0909. The molecule has 0 saturated heterocycles. The van der Waals surface area contributed by atoms with Crippen molar-refractivity contribution in [3.05, 3.63) is 40.7 Å². The van der Waals surface area contributed by atoms with E-state index in [1.807, 2.05) is 35.2 Å². The van der Waals surface area contributed by atoms with Crippen molar-refractivity contribution in [2.75, 3.05) is 22.6 Å². The van der Waals surface area contributed by atoms with Crippen LogP contribution in [0.1, 0.15) is 0 Å². The van der Waals surface area contributed by atoms with Crippen molar-refractivity contribution >= 4 is 23.1 Å². The van der Waals surface area contributed by atoms with Gasteiger partial charge < -0.3 is 16.0 Å². The molecule has 6 heteroatoms. The minimum absolute atomic E-state index is 0.124. The maximum Gasteiger partial charge on any atom is 0.277 e. The van der Waals surface area contributed by atoms with Crippen LogP contribution in [0.3, 0.4) is 0 Å². The number of anilines is 4. The first-order valence-corrected chi connectivity index (χ1v) is 5.22. The first-order valence-electron chi connectivity index (χ1n) is 5.22. The monoisotopic (exact) mass is 229 g/mol. The molecule has 4 N–H and O–H groups in total. The molecule has 0 fully saturated rings. The normalized spacial score (nSPS) is 13.3. The Morgan fingerprint density at radius 1 is 1.29 bits per heavy atom. The van der Waals surface area contributed by atoms with Crippen LogP contribution in [-0.2, 0) is 0 Å². The second kappa shape index (κ2) is 3.51. The molecule has 1 aromatic carbocycles. The van der Waals surface area contributed by atoms with E-state index in [-0.39, 0.29) is 11.5 Å². The summed E-state index contributed by atoms with van der Waals surface area (Å²) in [5.41, 5.74) is 6.74. The zero-order valence-electron chi connectivity index (χ0n) is 8.97. The summed E-state index contributed by atoms with van der Waals surface area (Å²) < 4.78 is 0. The Morgan fingerprint density at radius 2 is 2.06 bits per heavy atom. The maximum absolute atomic E-state index is 11.6. The highest BCUT2D eigenvalue weighted by Gasteiger charge is 2.24. The van der Waals surface area contributed by atoms with E-state index in [4.69, 9.17) is 5.73 Å². The Bertz CT molecular complexity index is 607. The van der Waals surface area contributed by atoms with Gasteiger partial charge in [-0.3, -0.25) is 9.78 Å². The standard InChI is InChI=1S/C11H11N5O/c12-11-14-9-8(10(17)15-11)13-6-16(9)7-4-2-1-3-5-7/h1-5,13H,6H2,(H3,12,14,15,17). The fourth-order valence-corrected chi connectivity index (χ4v) is 1.89. The van der Waals surface area contributed by atoms with Crippen LogP contribution in [0.15, 0.2) is 35.1 Å². The molecule has 0 atom stereocenters. The molecule has 2 aromatic rings. The molecule has 1 aliphatic heterocycles. The fourth-order valence-electron chi connectivity index (χ4n) is 1.89. The van der Waals surface area contributed by atoms with E-state index in [9.17, 15) is 4.79 Å². The molecule has 86 valence electrons. The molecule has 0 bridgehead atoms. The van der Waals surface area contributed by atoms with E-state index in [0.717, 1.165) is 5.69 Å². The number of nitrogens with one attached hydrogen (secondary N) is 2. The molecule has 0 spiro atoms. The van der Waals surface area contributed by atoms with Crippen molar-refractivity contribution < 1.29 is 0 Å². The summed E-state index contributed by atoms with van der Waals surface area (Å²) in [5.74, 6) is 0.691. The lowest BCUT2D eigenvalue weighted by atomic mass is 10.3. The number of benzene rings is 1. The number of fused-ring (bicyclic) bond motifs is 1. The van der Waals surface area contributed by atoms with E-state index in [1.54, 1.807) is 0 Å². The largest absolute Gasteiger partial charge is 0.369 e. The van der Waals surface area contributed by atoms with Gasteiger partial charge in [-0.25, -0.2) is 0 Å². The number of para-hydroxylation sites is 1. The Morgan fingerprint density at radius 3 is 2.82 bits per heavy atom. The van der Waals surface area contributed by atoms with E-state index in [1.165, 1.54) is 0 Å². The number of aromatic amines is 1. The van der Waals surface area contributed by atoms with Crippen molar-refractivity contribution in [3.8, 4) is 0 Å². The summed E-state index contributed by atoms with van der Waals surface area (Å²) in [6.45, 7) is 0.513. The van der Waals surface area contributed by atoms with Gasteiger partial charge in [0.1, 0.15) is 5.69 Å². The Labute approximate surface area is 97.1 Å². The highest BCUT2D eigenvalue weighted by molar-refractivity contribution is 5.77. The molecule has 3 rings (SSSR count). The summed E-state index contributed by atoms with van der Waals surface area (Å²) in [7, 11) is 0. The molecule has 0 aliphatic carbocycles. The lowest BCUT2D eigenvalue weighted by Crippen LogP contribution is -2.17. The van der Waals surface area contributed by atoms with Crippen LogP contribution < -0.4 is 21.5 Å². The minimum atomic E-state index is -0.245. The van der Waals surface area contributed by atoms with Crippen LogP contribution in [-0.4, -0.2) is 16.6 Å². The number of hydrogen-bond donors (Lipinski definition) is 3. The van der Waals surface area contributed by atoms with Gasteiger partial charge >= 0.3 is 0 Å². The molecule has 0 unspecified atom stereocenters. The number of H-pyrrole nitrogens is 1. The topological polar surface area (TPSA) is 87.0 Å². The number of aromatic nitrogens is 2. The average molecular weight is 229 g/mol. The van der Waals surface area contributed by atoms with Crippen LogP contribution in [0.5, 0.6) is 0 Å². The van der Waals surface area contributed by atoms with Gasteiger partial charge in [0.05, 0.1) is 6.67 Å². The third kappa shape index (κ3) is 1.50. The molecular formula is C11H11N5O. The Kier molecular flexibility index (Phi) is 2.01. The second-order valence-corrected chi connectivity index (χ2v) is 3.75. The molecule has 6 nitrogen and oxygen atoms in total. The van der Waals surface area contributed by atoms with Crippen LogP contribution in [0.4, 0.5) is 23.1 Å². The number of nitrogens with two attached hydrogens (primary N) is 1. The highest BCUT2D eigenvalue weighted by Crippen LogP contribution is 2.32. The second-order valence-electron chi connectivity index (χ2n) is 3.75. The van der Waals surface area contributed by atoms with E-state index in [0.29, 0.717) is 18.2 Å². The summed E-state index contributed by atoms with van der Waals surface area (Å²) >= 11 is 0. The summed E-state index contributed by atoms with van der Waals surface area (Å²) in [4.78, 5) is 20.2. The van der Waals surface area contributed by atoms with E-state index >= 15 is 0 Å². The molecule has 0 amide bonds. The molecule has 1 aromatic heterocycles. The van der Waals surface area contributed by atoms with Crippen LogP contribution in [0, 0.1) is 0 Å². The smallest absolute Gasteiger partial charge is 0.277 e. The predicted molar refractivity (Wildman–Crippen MR) is 66.3 cm³/mol. The maximum atomic E-state index is 11.6. The zero-order chi connectivity index (χ0) is 11.8. The van der Waals surface area contributed by atoms with Crippen molar-refractivity contribution in [1.82, 2.24) is 9.97 Å². The van der Waals surface area contributed by atoms with Gasteiger partial charge in [0, 0.05) is 5.69 Å². The highest BCUT2D eigenvalue weighted by atomic mass is 16.1. The first-order chi connectivity index (χ1) is 8.25. The quantitative estimate of drug-likeness (QED) is 0.675. The van der Waals surface area contributed by atoms with Crippen molar-refractivity contribution in [2.45, 2.75) is 0 Å². The Balaban J connectivity index is 2.13. The van der Waals surface area contributed by atoms with Gasteiger partial charge in [-0.2, -0.15) is 4.98 Å². The van der Waals surface area contributed by atoms with Gasteiger partial charge in [0.25, 0.3) is 5.56 Å². The molecule has 17 heavy (non-hydrogen) atoms. The lowest BCUT2D eigenvalue weighted by molar-refractivity contribution is 1.06.